The number of fused-ring (bicyclic) bond motifs is 1. The first-order chi connectivity index (χ1) is 14.8. The molecular weight excluding hydrogens is 457 g/mol. The highest BCUT2D eigenvalue weighted by Gasteiger charge is 2.21. The molecule has 0 spiro atoms. The average molecular weight is 474 g/mol. The third-order valence-electron chi connectivity index (χ3n) is 4.97. The summed E-state index contributed by atoms with van der Waals surface area (Å²) in [4.78, 5) is 40.7. The normalized spacial score (nSPS) is 11.1. The van der Waals surface area contributed by atoms with Gasteiger partial charge in [-0.25, -0.2) is 9.36 Å². The predicted octanol–water partition coefficient (Wildman–Crippen LogP) is 4.78. The first-order valence-electron chi connectivity index (χ1n) is 9.34. The van der Waals surface area contributed by atoms with Crippen molar-refractivity contribution in [3.8, 4) is 5.69 Å². The number of benzene rings is 2. The Kier molecular flexibility index (Phi) is 5.75. The molecule has 0 saturated heterocycles. The van der Waals surface area contributed by atoms with Crippen LogP contribution in [0.25, 0.3) is 15.9 Å². The minimum Gasteiger partial charge on any atom is -0.325 e. The van der Waals surface area contributed by atoms with Crippen LogP contribution in [0.4, 0.5) is 5.69 Å². The van der Waals surface area contributed by atoms with E-state index in [0.717, 1.165) is 15.0 Å². The van der Waals surface area contributed by atoms with Gasteiger partial charge < -0.3 is 5.32 Å². The molecule has 158 valence electrons. The highest BCUT2D eigenvalue weighted by atomic mass is 35.5. The van der Waals surface area contributed by atoms with Crippen molar-refractivity contribution in [2.45, 2.75) is 20.4 Å². The van der Waals surface area contributed by atoms with E-state index in [1.54, 1.807) is 30.3 Å². The molecule has 0 aliphatic rings. The third-order valence-corrected chi connectivity index (χ3v) is 6.94. The number of aromatic nitrogens is 2. The molecule has 6 nitrogen and oxygen atoms in total. The highest BCUT2D eigenvalue weighted by molar-refractivity contribution is 7.18. The van der Waals surface area contributed by atoms with E-state index in [-0.39, 0.29) is 23.2 Å². The second-order valence-corrected chi connectivity index (χ2v) is 9.00. The van der Waals surface area contributed by atoms with Crippen LogP contribution in [0.5, 0.6) is 0 Å². The van der Waals surface area contributed by atoms with Gasteiger partial charge in [0.1, 0.15) is 11.4 Å². The summed E-state index contributed by atoms with van der Waals surface area (Å²) < 4.78 is 2.35. The molecule has 31 heavy (non-hydrogen) atoms. The molecule has 0 radical (unpaired) electrons. The van der Waals surface area contributed by atoms with Gasteiger partial charge in [0.05, 0.1) is 21.1 Å². The van der Waals surface area contributed by atoms with Crippen LogP contribution >= 0.6 is 34.5 Å². The van der Waals surface area contributed by atoms with Crippen molar-refractivity contribution in [2.24, 2.45) is 0 Å². The van der Waals surface area contributed by atoms with Crippen LogP contribution in [-0.4, -0.2) is 15.0 Å². The molecule has 4 rings (SSSR count). The van der Waals surface area contributed by atoms with Gasteiger partial charge in [0.15, 0.2) is 0 Å². The standard InChI is InChI=1S/C22H17Cl2N3O3S/c1-12-13(2)31-21-19(12)20(29)27(15-8-9-16(23)17(24)10-15)22(30)26(21)11-18(28)25-14-6-4-3-5-7-14/h3-10H,11H2,1-2H3,(H,25,28). The number of aryl methyl sites for hydroxylation is 2. The lowest BCUT2D eigenvalue weighted by atomic mass is 10.2. The van der Waals surface area contributed by atoms with Crippen LogP contribution in [0.2, 0.25) is 10.0 Å². The van der Waals surface area contributed by atoms with Crippen molar-refractivity contribution in [1.82, 2.24) is 9.13 Å². The summed E-state index contributed by atoms with van der Waals surface area (Å²) in [5, 5.41) is 3.71. The van der Waals surface area contributed by atoms with Gasteiger partial charge in [-0.3, -0.25) is 14.2 Å². The zero-order valence-electron chi connectivity index (χ0n) is 16.6. The lowest BCUT2D eigenvalue weighted by molar-refractivity contribution is -0.116. The van der Waals surface area contributed by atoms with Crippen LogP contribution in [0.3, 0.4) is 0 Å². The zero-order valence-corrected chi connectivity index (χ0v) is 18.9. The second-order valence-electron chi connectivity index (χ2n) is 6.99. The lowest BCUT2D eigenvalue weighted by Crippen LogP contribution is -2.40. The fourth-order valence-electron chi connectivity index (χ4n) is 3.31. The minimum atomic E-state index is -0.625. The SMILES string of the molecule is Cc1sc2c(c1C)c(=O)n(-c1ccc(Cl)c(Cl)c1)c(=O)n2CC(=O)Nc1ccccc1. The highest BCUT2D eigenvalue weighted by Crippen LogP contribution is 2.28. The van der Waals surface area contributed by atoms with Gasteiger partial charge in [0.2, 0.25) is 5.91 Å². The molecule has 4 aromatic rings. The fraction of sp³-hybridized carbons (Fsp3) is 0.136. The Balaban J connectivity index is 1.91. The molecule has 0 aliphatic heterocycles. The van der Waals surface area contributed by atoms with Crippen molar-refractivity contribution >= 4 is 56.3 Å². The van der Waals surface area contributed by atoms with Crippen molar-refractivity contribution in [2.75, 3.05) is 5.32 Å². The van der Waals surface area contributed by atoms with Gasteiger partial charge in [-0.1, -0.05) is 41.4 Å². The molecule has 0 bridgehead atoms. The quantitative estimate of drug-likeness (QED) is 0.463. The van der Waals surface area contributed by atoms with Gasteiger partial charge in [-0.05, 0) is 49.7 Å². The Morgan fingerprint density at radius 1 is 1.03 bits per heavy atom. The first kappa shape index (κ1) is 21.4. The number of hydrogen-bond donors (Lipinski definition) is 1. The van der Waals surface area contributed by atoms with Crippen LogP contribution in [0, 0.1) is 13.8 Å². The van der Waals surface area contributed by atoms with E-state index in [1.807, 2.05) is 19.9 Å². The monoisotopic (exact) mass is 473 g/mol. The summed E-state index contributed by atoms with van der Waals surface area (Å²) >= 11 is 13.4. The van der Waals surface area contributed by atoms with E-state index in [2.05, 4.69) is 5.32 Å². The number of nitrogens with one attached hydrogen (secondary N) is 1. The molecule has 0 unspecified atom stereocenters. The Bertz CT molecular complexity index is 1440. The van der Waals surface area contributed by atoms with Crippen LogP contribution in [-0.2, 0) is 11.3 Å². The van der Waals surface area contributed by atoms with Crippen LogP contribution in [0.15, 0.2) is 58.1 Å². The van der Waals surface area contributed by atoms with Gasteiger partial charge in [-0.15, -0.1) is 11.3 Å². The lowest BCUT2D eigenvalue weighted by Gasteiger charge is -2.13. The van der Waals surface area contributed by atoms with Gasteiger partial charge in [0, 0.05) is 10.6 Å². The number of hydrogen-bond acceptors (Lipinski definition) is 4. The summed E-state index contributed by atoms with van der Waals surface area (Å²) in [5.74, 6) is -0.377. The Morgan fingerprint density at radius 3 is 2.42 bits per heavy atom. The molecule has 1 N–H and O–H groups in total. The maximum atomic E-state index is 13.4. The topological polar surface area (TPSA) is 73.1 Å². The van der Waals surface area contributed by atoms with Gasteiger partial charge >= 0.3 is 5.69 Å². The molecule has 1 amide bonds. The zero-order chi connectivity index (χ0) is 22.3. The Hall–Kier alpha value is -2.87. The molecule has 0 atom stereocenters. The van der Waals surface area contributed by atoms with Crippen molar-refractivity contribution in [1.29, 1.82) is 0 Å². The number of thiophene rings is 1. The summed E-state index contributed by atoms with van der Waals surface area (Å²) in [5.41, 5.74) is 0.594. The molecule has 0 saturated carbocycles. The van der Waals surface area contributed by atoms with E-state index in [0.29, 0.717) is 20.9 Å². The third kappa shape index (κ3) is 3.92. The van der Waals surface area contributed by atoms with Crippen LogP contribution in [0.1, 0.15) is 10.4 Å². The minimum absolute atomic E-state index is 0.220. The van der Waals surface area contributed by atoms with Crippen molar-refractivity contribution in [3.05, 3.63) is 89.9 Å². The van der Waals surface area contributed by atoms with Gasteiger partial charge in [-0.2, -0.15) is 0 Å². The largest absolute Gasteiger partial charge is 0.337 e. The number of carbonyl (C=O) groups is 1. The average Bonchev–Trinajstić information content (AvgIpc) is 3.03. The van der Waals surface area contributed by atoms with E-state index in [9.17, 15) is 14.4 Å². The number of halogens is 2. The number of para-hydroxylation sites is 1. The van der Waals surface area contributed by atoms with Crippen molar-refractivity contribution in [3.63, 3.8) is 0 Å². The summed E-state index contributed by atoms with van der Waals surface area (Å²) in [7, 11) is 0. The Labute approximate surface area is 191 Å². The maximum absolute atomic E-state index is 13.4. The molecule has 0 aliphatic carbocycles. The molecular formula is C22H17Cl2N3O3S. The van der Waals surface area contributed by atoms with E-state index < -0.39 is 11.2 Å². The fourth-order valence-corrected chi connectivity index (χ4v) is 4.75. The van der Waals surface area contributed by atoms with Crippen LogP contribution < -0.4 is 16.6 Å². The summed E-state index contributed by atoms with van der Waals surface area (Å²) in [6.07, 6.45) is 0. The molecule has 2 aromatic carbocycles. The smallest absolute Gasteiger partial charge is 0.325 e. The molecule has 2 heterocycles. The number of rotatable bonds is 4. The number of amides is 1. The van der Waals surface area contributed by atoms with E-state index >= 15 is 0 Å². The van der Waals surface area contributed by atoms with Crippen molar-refractivity contribution < 1.29 is 4.79 Å². The van der Waals surface area contributed by atoms with E-state index in [1.165, 1.54) is 28.0 Å². The number of carbonyl (C=O) groups excluding carboxylic acids is 1. The predicted molar refractivity (Wildman–Crippen MR) is 126 cm³/mol. The molecule has 9 heteroatoms. The second kappa shape index (κ2) is 8.34. The Morgan fingerprint density at radius 2 is 1.74 bits per heavy atom. The molecule has 2 aromatic heterocycles. The number of nitrogens with zero attached hydrogens (tertiary/aromatic N) is 2. The first-order valence-corrected chi connectivity index (χ1v) is 10.9. The molecule has 0 fully saturated rings. The van der Waals surface area contributed by atoms with Gasteiger partial charge in [0.25, 0.3) is 5.56 Å². The summed E-state index contributed by atoms with van der Waals surface area (Å²) in [6, 6.07) is 13.5. The summed E-state index contributed by atoms with van der Waals surface area (Å²) in [6.45, 7) is 3.46. The maximum Gasteiger partial charge on any atom is 0.337 e. The van der Waals surface area contributed by atoms with E-state index in [4.69, 9.17) is 23.2 Å². The number of anilines is 1.